The average molecular weight is 537 g/mol. The van der Waals surface area contributed by atoms with Crippen LogP contribution in [0, 0.1) is 6.92 Å². The number of nitrogens with zero attached hydrogens (tertiary/aromatic N) is 1. The molecule has 5 nitrogen and oxygen atoms in total. The number of amides is 1. The number of hydrogen-bond donors (Lipinski definition) is 1. The molecule has 0 aliphatic carbocycles. The molecule has 0 saturated heterocycles. The van der Waals surface area contributed by atoms with Crippen LogP contribution in [-0.4, -0.2) is 33.2 Å². The highest BCUT2D eigenvalue weighted by Gasteiger charge is 2.33. The summed E-state index contributed by atoms with van der Waals surface area (Å²) in [6, 6.07) is 19.4. The number of thioether (sulfide) groups is 1. The molecule has 3 rings (SSSR count). The molecule has 0 heterocycles. The van der Waals surface area contributed by atoms with Crippen LogP contribution in [0.2, 0.25) is 0 Å². The van der Waals surface area contributed by atoms with Gasteiger partial charge in [-0.2, -0.15) is 24.9 Å². The summed E-state index contributed by atoms with van der Waals surface area (Å²) < 4.78 is 67.0. The summed E-state index contributed by atoms with van der Waals surface area (Å²) in [7, 11) is -4.28. The summed E-state index contributed by atoms with van der Waals surface area (Å²) in [5.41, 5.74) is 1.17. The maximum atomic E-state index is 13.3. The van der Waals surface area contributed by atoms with Gasteiger partial charge < -0.3 is 5.32 Å². The molecule has 0 aromatic heterocycles. The van der Waals surface area contributed by atoms with Gasteiger partial charge in [-0.15, -0.1) is 0 Å². The molecule has 0 unspecified atom stereocenters. The van der Waals surface area contributed by atoms with E-state index in [1.165, 1.54) is 41.5 Å². The highest BCUT2D eigenvalue weighted by molar-refractivity contribution is 7.98. The van der Waals surface area contributed by atoms with Gasteiger partial charge in [-0.05, 0) is 55.0 Å². The number of anilines is 1. The number of rotatable bonds is 11. The van der Waals surface area contributed by atoms with Gasteiger partial charge in [0.05, 0.1) is 16.1 Å². The van der Waals surface area contributed by atoms with Crippen molar-refractivity contribution >= 4 is 33.4 Å². The van der Waals surface area contributed by atoms with Crippen molar-refractivity contribution in [3.63, 3.8) is 0 Å². The van der Waals surface area contributed by atoms with Crippen LogP contribution in [0.15, 0.2) is 83.8 Å². The molecule has 0 radical (unpaired) electrons. The molecule has 36 heavy (non-hydrogen) atoms. The van der Waals surface area contributed by atoms with Crippen molar-refractivity contribution in [2.45, 2.75) is 30.2 Å². The smallest absolute Gasteiger partial charge is 0.354 e. The number of benzene rings is 3. The number of sulfonamides is 1. The average Bonchev–Trinajstić information content (AvgIpc) is 2.84. The van der Waals surface area contributed by atoms with Crippen LogP contribution < -0.4 is 9.62 Å². The standard InChI is InChI=1S/C26H27F3N2O3S2/c1-20-8-5-9-21(16-20)19-35-15-7-14-30-25(32)18-31(36(33,34)24-12-3-2-4-13-24)23-11-6-10-22(17-23)26(27,28)29/h2-6,8-13,16-17H,7,14-15,18-19H2,1H3,(H,30,32). The van der Waals surface area contributed by atoms with Crippen LogP contribution in [0.5, 0.6) is 0 Å². The quantitative estimate of drug-likeness (QED) is 0.322. The lowest BCUT2D eigenvalue weighted by Gasteiger charge is -2.25. The van der Waals surface area contributed by atoms with Crippen molar-refractivity contribution in [2.75, 3.05) is 23.1 Å². The first-order valence-corrected chi connectivity index (χ1v) is 13.8. The Morgan fingerprint density at radius 3 is 2.39 bits per heavy atom. The molecular formula is C26H27F3N2O3S2. The fourth-order valence-electron chi connectivity index (χ4n) is 3.45. The maximum absolute atomic E-state index is 13.3. The van der Waals surface area contributed by atoms with E-state index in [-0.39, 0.29) is 10.6 Å². The maximum Gasteiger partial charge on any atom is 0.416 e. The first-order chi connectivity index (χ1) is 17.1. The zero-order valence-corrected chi connectivity index (χ0v) is 21.3. The van der Waals surface area contributed by atoms with Crippen molar-refractivity contribution < 1.29 is 26.4 Å². The molecule has 0 aliphatic heterocycles. The number of nitrogens with one attached hydrogen (secondary N) is 1. The Morgan fingerprint density at radius 1 is 0.972 bits per heavy atom. The molecule has 0 spiro atoms. The fraction of sp³-hybridized carbons (Fsp3) is 0.269. The van der Waals surface area contributed by atoms with Crippen LogP contribution >= 0.6 is 11.8 Å². The normalized spacial score (nSPS) is 11.8. The fourth-order valence-corrected chi connectivity index (χ4v) is 5.79. The molecule has 0 bridgehead atoms. The molecule has 0 atom stereocenters. The summed E-state index contributed by atoms with van der Waals surface area (Å²) in [4.78, 5) is 12.5. The molecule has 1 N–H and O–H groups in total. The largest absolute Gasteiger partial charge is 0.416 e. The van der Waals surface area contributed by atoms with E-state index >= 15 is 0 Å². The van der Waals surface area contributed by atoms with Crippen LogP contribution in [0.3, 0.4) is 0 Å². The van der Waals surface area contributed by atoms with Crippen molar-refractivity contribution in [1.29, 1.82) is 0 Å². The minimum Gasteiger partial charge on any atom is -0.354 e. The van der Waals surface area contributed by atoms with E-state index in [1.807, 2.05) is 19.1 Å². The molecule has 0 fully saturated rings. The van der Waals surface area contributed by atoms with Gasteiger partial charge in [-0.3, -0.25) is 9.10 Å². The van der Waals surface area contributed by atoms with Crippen LogP contribution in [-0.2, 0) is 26.7 Å². The van der Waals surface area contributed by atoms with Gasteiger partial charge in [0.25, 0.3) is 10.0 Å². The lowest BCUT2D eigenvalue weighted by Crippen LogP contribution is -2.41. The number of hydrogen-bond acceptors (Lipinski definition) is 4. The second-order valence-corrected chi connectivity index (χ2v) is 11.1. The highest BCUT2D eigenvalue weighted by Crippen LogP contribution is 2.33. The minimum atomic E-state index is -4.66. The zero-order valence-electron chi connectivity index (χ0n) is 19.7. The van der Waals surface area contributed by atoms with Crippen LogP contribution in [0.4, 0.5) is 18.9 Å². The second-order valence-electron chi connectivity index (χ2n) is 8.12. The van der Waals surface area contributed by atoms with Crippen molar-refractivity contribution in [1.82, 2.24) is 5.32 Å². The van der Waals surface area contributed by atoms with Gasteiger partial charge in [-0.25, -0.2) is 8.42 Å². The summed E-state index contributed by atoms with van der Waals surface area (Å²) in [6.07, 6.45) is -3.99. The SMILES string of the molecule is Cc1cccc(CSCCCNC(=O)CN(c2cccc(C(F)(F)F)c2)S(=O)(=O)c2ccccc2)c1. The van der Waals surface area contributed by atoms with Crippen molar-refractivity contribution in [3.8, 4) is 0 Å². The van der Waals surface area contributed by atoms with E-state index in [1.54, 1.807) is 17.8 Å². The van der Waals surface area contributed by atoms with E-state index < -0.39 is 34.2 Å². The van der Waals surface area contributed by atoms with Crippen molar-refractivity contribution in [3.05, 3.63) is 95.6 Å². The number of aryl methyl sites for hydroxylation is 1. The molecule has 0 aliphatic rings. The Hall–Kier alpha value is -2.98. The highest BCUT2D eigenvalue weighted by atomic mass is 32.2. The number of carbonyl (C=O) groups is 1. The van der Waals surface area contributed by atoms with E-state index in [4.69, 9.17) is 0 Å². The molecule has 10 heteroatoms. The minimum absolute atomic E-state index is 0.122. The Balaban J connectivity index is 1.65. The Bertz CT molecular complexity index is 1270. The Morgan fingerprint density at radius 2 is 1.69 bits per heavy atom. The first-order valence-electron chi connectivity index (χ1n) is 11.2. The van der Waals surface area contributed by atoms with Gasteiger partial charge >= 0.3 is 6.18 Å². The van der Waals surface area contributed by atoms with Gasteiger partial charge in [0.2, 0.25) is 5.91 Å². The predicted octanol–water partition coefficient (Wildman–Crippen LogP) is 5.65. The zero-order chi connectivity index (χ0) is 26.2. The summed E-state index contributed by atoms with van der Waals surface area (Å²) in [6.45, 7) is 1.71. The van der Waals surface area contributed by atoms with Crippen LogP contribution in [0.25, 0.3) is 0 Å². The lowest BCUT2D eigenvalue weighted by atomic mass is 10.2. The summed E-state index contributed by atoms with van der Waals surface area (Å²) >= 11 is 1.72. The molecule has 1 amide bonds. The third kappa shape index (κ3) is 7.76. The monoisotopic (exact) mass is 536 g/mol. The third-order valence-corrected chi connectivity index (χ3v) is 8.12. The first kappa shape index (κ1) is 27.6. The van der Waals surface area contributed by atoms with Crippen molar-refractivity contribution in [2.24, 2.45) is 0 Å². The molecule has 192 valence electrons. The second kappa shape index (κ2) is 12.3. The van der Waals surface area contributed by atoms with E-state index in [2.05, 4.69) is 17.4 Å². The number of halogens is 3. The Kier molecular flexibility index (Phi) is 9.44. The third-order valence-electron chi connectivity index (χ3n) is 5.22. The van der Waals surface area contributed by atoms with E-state index in [9.17, 15) is 26.4 Å². The predicted molar refractivity (Wildman–Crippen MR) is 137 cm³/mol. The molecule has 3 aromatic rings. The van der Waals surface area contributed by atoms with Gasteiger partial charge in [-0.1, -0.05) is 54.1 Å². The Labute approximate surface area is 213 Å². The lowest BCUT2D eigenvalue weighted by molar-refractivity contribution is -0.137. The topological polar surface area (TPSA) is 66.5 Å². The summed E-state index contributed by atoms with van der Waals surface area (Å²) in [5, 5.41) is 2.68. The number of carbonyl (C=O) groups excluding carboxylic acids is 1. The number of alkyl halides is 3. The summed E-state index contributed by atoms with van der Waals surface area (Å²) in [5.74, 6) is 1.03. The van der Waals surface area contributed by atoms with Gasteiger partial charge in [0.1, 0.15) is 6.54 Å². The van der Waals surface area contributed by atoms with E-state index in [0.29, 0.717) is 17.3 Å². The van der Waals surface area contributed by atoms with Gasteiger partial charge in [0.15, 0.2) is 0 Å². The van der Waals surface area contributed by atoms with E-state index in [0.717, 1.165) is 29.7 Å². The van der Waals surface area contributed by atoms with Gasteiger partial charge in [0, 0.05) is 12.3 Å². The van der Waals surface area contributed by atoms with Crippen LogP contribution in [0.1, 0.15) is 23.1 Å². The molecular weight excluding hydrogens is 509 g/mol. The molecule has 0 saturated carbocycles. The molecule has 3 aromatic carbocycles.